The molecule has 0 bridgehead atoms. The Bertz CT molecular complexity index is 917. The van der Waals surface area contributed by atoms with Gasteiger partial charge in [0.15, 0.2) is 12.0 Å². The molecule has 2 aromatic heterocycles. The molecular formula is C18H17N5O2. The first kappa shape index (κ1) is 15.3. The van der Waals surface area contributed by atoms with Crippen molar-refractivity contribution >= 4 is 11.6 Å². The number of aromatic nitrogens is 4. The summed E-state index contributed by atoms with van der Waals surface area (Å²) in [5.41, 5.74) is 1.63. The molecule has 1 N–H and O–H groups in total. The summed E-state index contributed by atoms with van der Waals surface area (Å²) in [6.45, 7) is 0.938. The van der Waals surface area contributed by atoms with E-state index in [1.807, 2.05) is 12.1 Å². The van der Waals surface area contributed by atoms with Crippen LogP contribution in [0.2, 0.25) is 0 Å². The first-order valence-corrected chi connectivity index (χ1v) is 8.24. The number of amides is 1. The van der Waals surface area contributed by atoms with Gasteiger partial charge >= 0.3 is 5.91 Å². The first-order valence-electron chi connectivity index (χ1n) is 8.24. The van der Waals surface area contributed by atoms with Gasteiger partial charge in [0, 0.05) is 36.3 Å². The highest BCUT2D eigenvalue weighted by Crippen LogP contribution is 2.24. The highest BCUT2D eigenvalue weighted by molar-refractivity contribution is 6.01. The molecule has 0 saturated heterocycles. The van der Waals surface area contributed by atoms with Gasteiger partial charge in [-0.25, -0.2) is 0 Å². The third-order valence-corrected chi connectivity index (χ3v) is 4.32. The minimum atomic E-state index is -0.441. The molecule has 0 unspecified atom stereocenters. The van der Waals surface area contributed by atoms with Crippen molar-refractivity contribution in [1.29, 1.82) is 0 Å². The molecule has 0 atom stereocenters. The molecule has 1 aliphatic rings. The summed E-state index contributed by atoms with van der Waals surface area (Å²) in [5.74, 6) is 1.44. The number of carbonyl (C=O) groups is 1. The van der Waals surface area contributed by atoms with E-state index in [2.05, 4.69) is 20.1 Å². The van der Waals surface area contributed by atoms with Crippen LogP contribution in [0.3, 0.4) is 0 Å². The SMILES string of the molecule is O=C(Nc1ccc(-c2nnc3n2CCCC3)cc1)c1cccc[n+]1[O-]. The lowest BCUT2D eigenvalue weighted by Crippen LogP contribution is -2.36. The molecule has 126 valence electrons. The van der Waals surface area contributed by atoms with Gasteiger partial charge in [-0.15, -0.1) is 10.2 Å². The molecule has 0 saturated carbocycles. The van der Waals surface area contributed by atoms with E-state index < -0.39 is 5.91 Å². The Morgan fingerprint density at radius 3 is 2.76 bits per heavy atom. The quantitative estimate of drug-likeness (QED) is 0.587. The van der Waals surface area contributed by atoms with Gasteiger partial charge in [0.05, 0.1) is 0 Å². The fourth-order valence-corrected chi connectivity index (χ4v) is 3.02. The number of nitrogens with one attached hydrogen (secondary N) is 1. The summed E-state index contributed by atoms with van der Waals surface area (Å²) in [5, 5.41) is 22.9. The van der Waals surface area contributed by atoms with Crippen LogP contribution in [0.15, 0.2) is 48.7 Å². The number of aryl methyl sites for hydroxylation is 1. The second-order valence-electron chi connectivity index (χ2n) is 5.99. The van der Waals surface area contributed by atoms with Crippen molar-refractivity contribution in [2.75, 3.05) is 5.32 Å². The summed E-state index contributed by atoms with van der Waals surface area (Å²) < 4.78 is 2.70. The van der Waals surface area contributed by atoms with E-state index in [0.717, 1.165) is 43.0 Å². The molecule has 3 aromatic rings. The van der Waals surface area contributed by atoms with Crippen molar-refractivity contribution in [3.63, 3.8) is 0 Å². The summed E-state index contributed by atoms with van der Waals surface area (Å²) in [4.78, 5) is 12.2. The lowest BCUT2D eigenvalue weighted by molar-refractivity contribution is -0.607. The second-order valence-corrected chi connectivity index (χ2v) is 5.99. The number of benzene rings is 1. The number of hydrogen-bond donors (Lipinski definition) is 1. The van der Waals surface area contributed by atoms with Crippen molar-refractivity contribution < 1.29 is 9.52 Å². The lowest BCUT2D eigenvalue weighted by Gasteiger charge is -2.14. The van der Waals surface area contributed by atoms with E-state index in [4.69, 9.17) is 0 Å². The molecule has 1 aromatic carbocycles. The second kappa shape index (κ2) is 6.35. The van der Waals surface area contributed by atoms with Crippen molar-refractivity contribution in [3.05, 3.63) is 65.4 Å². The predicted octanol–water partition coefficient (Wildman–Crippen LogP) is 2.17. The zero-order valence-corrected chi connectivity index (χ0v) is 13.6. The maximum atomic E-state index is 12.2. The van der Waals surface area contributed by atoms with Crippen molar-refractivity contribution in [3.8, 4) is 11.4 Å². The maximum absolute atomic E-state index is 12.2. The summed E-state index contributed by atoms with van der Waals surface area (Å²) in [6.07, 6.45) is 4.56. The average Bonchev–Trinajstić information content (AvgIpc) is 3.07. The largest absolute Gasteiger partial charge is 0.618 e. The maximum Gasteiger partial charge on any atom is 0.321 e. The molecule has 0 radical (unpaired) electrons. The number of fused-ring (bicyclic) bond motifs is 1. The Hall–Kier alpha value is -3.22. The van der Waals surface area contributed by atoms with Crippen molar-refractivity contribution in [2.45, 2.75) is 25.8 Å². The first-order chi connectivity index (χ1) is 12.2. The summed E-state index contributed by atoms with van der Waals surface area (Å²) in [7, 11) is 0. The smallest absolute Gasteiger partial charge is 0.321 e. The van der Waals surface area contributed by atoms with Gasteiger partial charge in [0.2, 0.25) is 0 Å². The number of hydrogen-bond acceptors (Lipinski definition) is 4. The Morgan fingerprint density at radius 1 is 1.12 bits per heavy atom. The molecule has 25 heavy (non-hydrogen) atoms. The lowest BCUT2D eigenvalue weighted by atomic mass is 10.1. The van der Waals surface area contributed by atoms with Gasteiger partial charge in [0.25, 0.3) is 5.69 Å². The Labute approximate surface area is 144 Å². The summed E-state index contributed by atoms with van der Waals surface area (Å²) in [6, 6.07) is 12.1. The van der Waals surface area contributed by atoms with Gasteiger partial charge in [-0.2, -0.15) is 4.73 Å². The fourth-order valence-electron chi connectivity index (χ4n) is 3.02. The summed E-state index contributed by atoms with van der Waals surface area (Å²) >= 11 is 0. The van der Waals surface area contributed by atoms with Gasteiger partial charge in [-0.3, -0.25) is 4.79 Å². The van der Waals surface area contributed by atoms with Crippen molar-refractivity contribution in [2.24, 2.45) is 0 Å². The van der Waals surface area contributed by atoms with E-state index in [1.165, 1.54) is 12.3 Å². The topological polar surface area (TPSA) is 86.8 Å². The van der Waals surface area contributed by atoms with Crippen LogP contribution in [-0.2, 0) is 13.0 Å². The van der Waals surface area contributed by atoms with Crippen LogP contribution in [0.5, 0.6) is 0 Å². The molecular weight excluding hydrogens is 318 g/mol. The highest BCUT2D eigenvalue weighted by Gasteiger charge is 2.18. The van der Waals surface area contributed by atoms with E-state index in [9.17, 15) is 10.0 Å². The molecule has 0 spiro atoms. The molecule has 7 heteroatoms. The fraction of sp³-hybridized carbons (Fsp3) is 0.222. The molecule has 0 aliphatic carbocycles. The van der Waals surface area contributed by atoms with E-state index >= 15 is 0 Å². The van der Waals surface area contributed by atoms with Crippen LogP contribution in [0.25, 0.3) is 11.4 Å². The zero-order chi connectivity index (χ0) is 17.2. The minimum Gasteiger partial charge on any atom is -0.618 e. The van der Waals surface area contributed by atoms with E-state index in [-0.39, 0.29) is 5.69 Å². The van der Waals surface area contributed by atoms with Crippen LogP contribution in [0.4, 0.5) is 5.69 Å². The zero-order valence-electron chi connectivity index (χ0n) is 13.6. The van der Waals surface area contributed by atoms with Gasteiger partial charge in [0.1, 0.15) is 5.82 Å². The van der Waals surface area contributed by atoms with Crippen LogP contribution >= 0.6 is 0 Å². The van der Waals surface area contributed by atoms with Crippen LogP contribution in [0.1, 0.15) is 29.2 Å². The third kappa shape index (κ3) is 2.96. The van der Waals surface area contributed by atoms with Gasteiger partial charge < -0.3 is 15.1 Å². The molecule has 7 nitrogen and oxygen atoms in total. The number of rotatable bonds is 3. The minimum absolute atomic E-state index is 0.0538. The molecule has 1 amide bonds. The van der Waals surface area contributed by atoms with Crippen molar-refractivity contribution in [1.82, 2.24) is 14.8 Å². The Kier molecular flexibility index (Phi) is 3.89. The van der Waals surface area contributed by atoms with Gasteiger partial charge in [-0.05, 0) is 43.2 Å². The Balaban J connectivity index is 1.54. The number of pyridine rings is 1. The number of carbonyl (C=O) groups excluding carboxylic acids is 1. The Morgan fingerprint density at radius 2 is 1.96 bits per heavy atom. The van der Waals surface area contributed by atoms with Crippen LogP contribution < -0.4 is 10.0 Å². The molecule has 3 heterocycles. The standard InChI is InChI=1S/C18H17N5O2/c24-18(15-5-1-4-12-23(15)25)19-14-9-7-13(8-10-14)17-21-20-16-6-2-3-11-22(16)17/h1,4-5,7-10,12H,2-3,6,11H2,(H,19,24). The number of anilines is 1. The number of nitrogens with zero attached hydrogens (tertiary/aromatic N) is 4. The molecule has 4 rings (SSSR count). The van der Waals surface area contributed by atoms with E-state index in [1.54, 1.807) is 24.3 Å². The monoisotopic (exact) mass is 335 g/mol. The molecule has 1 aliphatic heterocycles. The average molecular weight is 335 g/mol. The van der Waals surface area contributed by atoms with Crippen LogP contribution in [0, 0.1) is 5.21 Å². The third-order valence-electron chi connectivity index (χ3n) is 4.32. The van der Waals surface area contributed by atoms with Gasteiger partial charge in [-0.1, -0.05) is 0 Å². The molecule has 0 fully saturated rings. The van der Waals surface area contributed by atoms with E-state index in [0.29, 0.717) is 10.4 Å². The highest BCUT2D eigenvalue weighted by atomic mass is 16.5. The normalized spacial score (nSPS) is 13.3. The predicted molar refractivity (Wildman–Crippen MR) is 91.8 cm³/mol. The van der Waals surface area contributed by atoms with Crippen LogP contribution in [-0.4, -0.2) is 20.7 Å².